The van der Waals surface area contributed by atoms with Crippen molar-refractivity contribution in [2.24, 2.45) is 11.8 Å². The highest BCUT2D eigenvalue weighted by Crippen LogP contribution is 2.53. The fourth-order valence-corrected chi connectivity index (χ4v) is 9.72. The molecule has 2 nitrogen and oxygen atoms in total. The zero-order chi connectivity index (χ0) is 29.9. The Labute approximate surface area is 269 Å². The normalized spacial score (nSPS) is 35.5. The van der Waals surface area contributed by atoms with Gasteiger partial charge in [-0.25, -0.2) is 0 Å². The molecule has 2 aromatic carbocycles. The minimum absolute atomic E-state index is 0.384. The quantitative estimate of drug-likeness (QED) is 0.328. The van der Waals surface area contributed by atoms with E-state index in [9.17, 15) is 0 Å². The summed E-state index contributed by atoms with van der Waals surface area (Å²) in [7, 11) is 0. The van der Waals surface area contributed by atoms with Crippen molar-refractivity contribution in [2.45, 2.75) is 80.9 Å². The second-order valence-corrected chi connectivity index (χ2v) is 14.2. The molecule has 7 aliphatic rings. The fourth-order valence-electron chi connectivity index (χ4n) is 9.72. The van der Waals surface area contributed by atoms with Gasteiger partial charge in [0.25, 0.3) is 0 Å². The van der Waals surface area contributed by atoms with Gasteiger partial charge >= 0.3 is 0 Å². The lowest BCUT2D eigenvalue weighted by molar-refractivity contribution is 0.220. The van der Waals surface area contributed by atoms with E-state index >= 15 is 0 Å². The molecule has 0 amide bonds. The van der Waals surface area contributed by atoms with Crippen molar-refractivity contribution in [3.05, 3.63) is 162 Å². The van der Waals surface area contributed by atoms with E-state index in [4.69, 9.17) is 0 Å². The Morgan fingerprint density at radius 3 is 2.27 bits per heavy atom. The standard InChI is InChI=1S/C43H44N2/c1-29-12-5-8-19-39(29)45-41-21-10-7-16-36(41)38-28-32(24-27-42(38)45)34-17-11-18-37-35-15-6-9-20-40(35)44(43(34)37)33-25-22-31(23-26-33)30-13-3-2-4-14-30/h2-7,9-16,18,20-22,24-25,27-29,31,33-36,39-41H,8,17,19,23,26H2,1H3. The lowest BCUT2D eigenvalue weighted by Gasteiger charge is -2.41. The van der Waals surface area contributed by atoms with Crippen LogP contribution in [0.3, 0.4) is 0 Å². The molecule has 0 aromatic heterocycles. The molecule has 9 rings (SSSR count). The smallest absolute Gasteiger partial charge is 0.0583 e. The maximum Gasteiger partial charge on any atom is 0.0583 e. The van der Waals surface area contributed by atoms with Gasteiger partial charge in [-0.15, -0.1) is 0 Å². The Bertz CT molecular complexity index is 1710. The van der Waals surface area contributed by atoms with Crippen LogP contribution in [0.2, 0.25) is 0 Å². The fraction of sp³-hybridized carbons (Fsp3) is 0.349. The average molecular weight is 589 g/mol. The first-order valence-corrected chi connectivity index (χ1v) is 17.5. The number of nitrogens with zero attached hydrogens (tertiary/aromatic N) is 2. The number of rotatable bonds is 4. The molecule has 0 fully saturated rings. The molecule has 0 saturated heterocycles. The van der Waals surface area contributed by atoms with Crippen LogP contribution in [-0.2, 0) is 0 Å². The van der Waals surface area contributed by atoms with Crippen LogP contribution < -0.4 is 4.90 Å². The van der Waals surface area contributed by atoms with E-state index in [1.807, 2.05) is 0 Å². The maximum absolute atomic E-state index is 2.84. The van der Waals surface area contributed by atoms with Gasteiger partial charge in [0.15, 0.2) is 0 Å². The van der Waals surface area contributed by atoms with Crippen molar-refractivity contribution < 1.29 is 0 Å². The summed E-state index contributed by atoms with van der Waals surface area (Å²) in [6.07, 6.45) is 39.6. The first-order valence-electron chi connectivity index (χ1n) is 17.5. The van der Waals surface area contributed by atoms with Crippen LogP contribution in [0.25, 0.3) is 0 Å². The molecule has 9 atom stereocenters. The predicted octanol–water partition coefficient (Wildman–Crippen LogP) is 9.67. The van der Waals surface area contributed by atoms with E-state index in [0.29, 0.717) is 53.8 Å². The molecule has 2 heteroatoms. The minimum atomic E-state index is 0.384. The number of allylic oxidation sites excluding steroid dienone is 9. The molecule has 0 bridgehead atoms. The molecule has 2 heterocycles. The molecule has 226 valence electrons. The maximum atomic E-state index is 2.84. The second kappa shape index (κ2) is 11.1. The second-order valence-electron chi connectivity index (χ2n) is 14.2. The molecule has 5 aliphatic carbocycles. The molecule has 0 radical (unpaired) electrons. The van der Waals surface area contributed by atoms with E-state index in [2.05, 4.69) is 150 Å². The molecule has 0 N–H and O–H groups in total. The molecule has 0 spiro atoms. The number of anilines is 1. The summed E-state index contributed by atoms with van der Waals surface area (Å²) in [5.74, 6) is 2.34. The third kappa shape index (κ3) is 4.43. The van der Waals surface area contributed by atoms with Crippen molar-refractivity contribution in [3.8, 4) is 0 Å². The molecular formula is C43H44N2. The zero-order valence-corrected chi connectivity index (χ0v) is 26.3. The molecule has 9 unspecified atom stereocenters. The van der Waals surface area contributed by atoms with Crippen molar-refractivity contribution in [1.29, 1.82) is 0 Å². The van der Waals surface area contributed by atoms with Gasteiger partial charge in [0, 0.05) is 47.1 Å². The molecule has 2 aromatic rings. The van der Waals surface area contributed by atoms with Crippen LogP contribution in [0, 0.1) is 11.8 Å². The van der Waals surface area contributed by atoms with E-state index in [1.54, 1.807) is 11.3 Å². The number of hydrogen-bond acceptors (Lipinski definition) is 2. The Balaban J connectivity index is 1.09. The van der Waals surface area contributed by atoms with Gasteiger partial charge in [0.2, 0.25) is 0 Å². The molecule has 45 heavy (non-hydrogen) atoms. The highest BCUT2D eigenvalue weighted by Gasteiger charge is 2.46. The third-order valence-electron chi connectivity index (χ3n) is 11.8. The summed E-state index contributed by atoms with van der Waals surface area (Å²) in [6, 6.07) is 20.5. The van der Waals surface area contributed by atoms with Gasteiger partial charge in [0.05, 0.1) is 12.1 Å². The molecule has 0 saturated carbocycles. The van der Waals surface area contributed by atoms with Crippen LogP contribution in [0.15, 0.2) is 145 Å². The summed E-state index contributed by atoms with van der Waals surface area (Å²) in [5.41, 5.74) is 9.04. The largest absolute Gasteiger partial charge is 0.360 e. The third-order valence-corrected chi connectivity index (χ3v) is 11.8. The Hall–Kier alpha value is -4.04. The van der Waals surface area contributed by atoms with Crippen molar-refractivity contribution in [2.75, 3.05) is 4.90 Å². The van der Waals surface area contributed by atoms with Crippen LogP contribution in [0.1, 0.15) is 73.5 Å². The average Bonchev–Trinajstić information content (AvgIpc) is 3.62. The van der Waals surface area contributed by atoms with Crippen molar-refractivity contribution in [3.63, 3.8) is 0 Å². The van der Waals surface area contributed by atoms with Gasteiger partial charge in [-0.1, -0.05) is 134 Å². The Morgan fingerprint density at radius 2 is 1.47 bits per heavy atom. The number of fused-ring (bicyclic) bond motifs is 5. The van der Waals surface area contributed by atoms with E-state index in [-0.39, 0.29) is 0 Å². The van der Waals surface area contributed by atoms with Crippen molar-refractivity contribution >= 4 is 5.69 Å². The van der Waals surface area contributed by atoms with Crippen LogP contribution in [0.5, 0.6) is 0 Å². The lowest BCUT2D eigenvalue weighted by atomic mass is 9.81. The van der Waals surface area contributed by atoms with Crippen LogP contribution >= 0.6 is 0 Å². The van der Waals surface area contributed by atoms with E-state index < -0.39 is 0 Å². The van der Waals surface area contributed by atoms with E-state index in [1.165, 1.54) is 48.1 Å². The Morgan fingerprint density at radius 1 is 0.667 bits per heavy atom. The van der Waals surface area contributed by atoms with Gasteiger partial charge < -0.3 is 9.80 Å². The summed E-state index contributed by atoms with van der Waals surface area (Å²) in [6.45, 7) is 2.41. The molecular weight excluding hydrogens is 544 g/mol. The summed E-state index contributed by atoms with van der Waals surface area (Å²) in [5, 5.41) is 0. The predicted molar refractivity (Wildman–Crippen MR) is 187 cm³/mol. The molecule has 2 aliphatic heterocycles. The summed E-state index contributed by atoms with van der Waals surface area (Å²) in [4.78, 5) is 5.62. The topological polar surface area (TPSA) is 6.48 Å². The number of hydrogen-bond donors (Lipinski definition) is 0. The Kier molecular flexibility index (Phi) is 6.72. The summed E-state index contributed by atoms with van der Waals surface area (Å²) < 4.78 is 0. The SMILES string of the molecule is CC1C=CCCC1N1c2ccc(C3CC=CC4=C3N(C3C=CC(c5ccccc5)CC3)C3C=CC=CC43)cc2C2C=CC=CC21. The zero-order valence-electron chi connectivity index (χ0n) is 26.3. The van der Waals surface area contributed by atoms with Crippen LogP contribution in [0.4, 0.5) is 5.69 Å². The van der Waals surface area contributed by atoms with Gasteiger partial charge in [-0.05, 0) is 66.4 Å². The first kappa shape index (κ1) is 27.3. The number of benzene rings is 2. The highest BCUT2D eigenvalue weighted by atomic mass is 15.2. The van der Waals surface area contributed by atoms with E-state index in [0.717, 1.165) is 6.42 Å². The van der Waals surface area contributed by atoms with Gasteiger partial charge in [-0.3, -0.25) is 0 Å². The highest BCUT2D eigenvalue weighted by molar-refractivity contribution is 5.68. The summed E-state index contributed by atoms with van der Waals surface area (Å²) >= 11 is 0. The van der Waals surface area contributed by atoms with Gasteiger partial charge in [-0.2, -0.15) is 0 Å². The first-order chi connectivity index (χ1) is 22.3. The minimum Gasteiger partial charge on any atom is -0.360 e. The van der Waals surface area contributed by atoms with Crippen LogP contribution in [-0.4, -0.2) is 29.1 Å². The van der Waals surface area contributed by atoms with Crippen molar-refractivity contribution in [1.82, 2.24) is 4.90 Å². The van der Waals surface area contributed by atoms with Gasteiger partial charge in [0.1, 0.15) is 0 Å². The lowest BCUT2D eigenvalue weighted by Crippen LogP contribution is -2.45. The monoisotopic (exact) mass is 588 g/mol.